The molecule has 0 unspecified atom stereocenters. The van der Waals surface area contributed by atoms with Gasteiger partial charge >= 0.3 is 0 Å². The number of fused-ring (bicyclic) bond motifs is 11. The molecule has 10 nitrogen and oxygen atoms in total. The van der Waals surface area contributed by atoms with E-state index in [1.54, 1.807) is 12.1 Å². The lowest BCUT2D eigenvalue weighted by atomic mass is 9.77. The zero-order valence-corrected chi connectivity index (χ0v) is 30.7. The number of halogens is 2. The Morgan fingerprint density at radius 2 is 1.18 bits per heavy atom. The number of benzene rings is 4. The van der Waals surface area contributed by atoms with E-state index in [1.165, 1.54) is 28.3 Å². The molecule has 6 aliphatic heterocycles. The van der Waals surface area contributed by atoms with Gasteiger partial charge in [-0.05, 0) is 82.6 Å². The van der Waals surface area contributed by atoms with Gasteiger partial charge in [0.1, 0.15) is 0 Å². The van der Waals surface area contributed by atoms with E-state index >= 15 is 0 Å². The zero-order valence-electron chi connectivity index (χ0n) is 28.4. The Hall–Kier alpha value is -4.03. The van der Waals surface area contributed by atoms with Crippen LogP contribution in [-0.4, -0.2) is 61.7 Å². The first-order valence-electron chi connectivity index (χ1n) is 17.2. The maximum absolute atomic E-state index is 10.2. The van der Waals surface area contributed by atoms with Crippen LogP contribution >= 0.6 is 27.5 Å². The second kappa shape index (κ2) is 13.5. The Morgan fingerprint density at radius 3 is 1.88 bits per heavy atom. The van der Waals surface area contributed by atoms with Crippen molar-refractivity contribution in [3.05, 3.63) is 93.0 Å². The summed E-state index contributed by atoms with van der Waals surface area (Å²) in [6.45, 7) is 8.38. The van der Waals surface area contributed by atoms with E-state index in [4.69, 9.17) is 30.5 Å². The van der Waals surface area contributed by atoms with Crippen LogP contribution in [0.2, 0.25) is 0 Å². The van der Waals surface area contributed by atoms with Gasteiger partial charge in [0, 0.05) is 61.2 Å². The molecule has 4 atom stereocenters. The summed E-state index contributed by atoms with van der Waals surface area (Å²) in [6.07, 6.45) is 1.82. The lowest BCUT2D eigenvalue weighted by Gasteiger charge is -2.45. The second-order valence-electron chi connectivity index (χ2n) is 13.8. The average molecular weight is 780 g/mol. The highest BCUT2D eigenvalue weighted by molar-refractivity contribution is 9.09. The first-order chi connectivity index (χ1) is 24.7. The molecule has 0 saturated heterocycles. The Bertz CT molecular complexity index is 2010. The van der Waals surface area contributed by atoms with E-state index in [9.17, 15) is 20.4 Å². The molecule has 51 heavy (non-hydrogen) atoms. The van der Waals surface area contributed by atoms with Gasteiger partial charge < -0.3 is 39.4 Å². The van der Waals surface area contributed by atoms with Crippen molar-refractivity contribution in [3.63, 3.8) is 0 Å². The Morgan fingerprint density at radius 1 is 0.647 bits per heavy atom. The SMILES string of the molecule is C[C@H]1c2ccc(O)c(O)c2CN2CCc3cc(O)c(O)cc3[C@@H]12.C[C@H]1c2ccc3c(c2CN2CCc4cc5c(cc4[C@@H]12)OCO5)OCO3.ClCBr. The van der Waals surface area contributed by atoms with Crippen molar-refractivity contribution in [2.45, 2.75) is 63.7 Å². The molecule has 4 aromatic rings. The molecule has 10 rings (SSSR count). The van der Waals surface area contributed by atoms with Crippen LogP contribution in [-0.2, 0) is 25.9 Å². The van der Waals surface area contributed by atoms with Gasteiger partial charge in [0.15, 0.2) is 46.0 Å². The Balaban J connectivity index is 0.000000137. The summed E-state index contributed by atoms with van der Waals surface area (Å²) in [5.74, 6) is 3.78. The Labute approximate surface area is 309 Å². The van der Waals surface area contributed by atoms with Gasteiger partial charge in [0.25, 0.3) is 0 Å². The molecule has 4 N–H and O–H groups in total. The minimum Gasteiger partial charge on any atom is -0.504 e. The fourth-order valence-corrected chi connectivity index (χ4v) is 8.96. The van der Waals surface area contributed by atoms with Gasteiger partial charge in [-0.25, -0.2) is 0 Å². The van der Waals surface area contributed by atoms with Crippen molar-refractivity contribution < 1.29 is 39.4 Å². The highest BCUT2D eigenvalue weighted by atomic mass is 79.9. The summed E-state index contributed by atoms with van der Waals surface area (Å²) >= 11 is 7.83. The number of aromatic hydroxyl groups is 4. The van der Waals surface area contributed by atoms with Crippen LogP contribution in [0.4, 0.5) is 0 Å². The summed E-state index contributed by atoms with van der Waals surface area (Å²) < 4.78 is 22.5. The summed E-state index contributed by atoms with van der Waals surface area (Å²) in [4.78, 5) is 5.36. The van der Waals surface area contributed by atoms with Crippen LogP contribution in [0.25, 0.3) is 0 Å². The van der Waals surface area contributed by atoms with E-state index in [2.05, 4.69) is 63.8 Å². The molecule has 4 aromatic carbocycles. The summed E-state index contributed by atoms with van der Waals surface area (Å²) in [7, 11) is 0. The van der Waals surface area contributed by atoms with Gasteiger partial charge in [-0.15, -0.1) is 11.6 Å². The predicted molar refractivity (Wildman–Crippen MR) is 195 cm³/mol. The largest absolute Gasteiger partial charge is 0.504 e. The summed E-state index contributed by atoms with van der Waals surface area (Å²) in [6, 6.07) is 15.8. The normalized spacial score (nSPS) is 23.1. The summed E-state index contributed by atoms with van der Waals surface area (Å²) in [5.41, 5.74) is 9.31. The molecule has 0 fully saturated rings. The molecule has 6 aliphatic rings. The number of ether oxygens (including phenoxy) is 4. The number of phenols is 4. The molecule has 0 bridgehead atoms. The third kappa shape index (κ3) is 5.78. The van der Waals surface area contributed by atoms with Gasteiger partial charge in [0.05, 0.1) is 4.79 Å². The molecule has 0 aliphatic carbocycles. The molecule has 6 heterocycles. The molecular formula is C39H40BrClN2O8. The monoisotopic (exact) mass is 778 g/mol. The van der Waals surface area contributed by atoms with Gasteiger partial charge in [-0.2, -0.15) is 0 Å². The van der Waals surface area contributed by atoms with Crippen molar-refractivity contribution in [1.29, 1.82) is 0 Å². The molecule has 0 spiro atoms. The molecule has 268 valence electrons. The topological polar surface area (TPSA) is 124 Å². The van der Waals surface area contributed by atoms with E-state index in [0.29, 0.717) is 36.9 Å². The minimum atomic E-state index is -0.0999. The fraction of sp³-hybridized carbons (Fsp3) is 0.385. The highest BCUT2D eigenvalue weighted by Crippen LogP contribution is 2.53. The smallest absolute Gasteiger partial charge is 0.231 e. The van der Waals surface area contributed by atoms with E-state index in [-0.39, 0.29) is 35.0 Å². The van der Waals surface area contributed by atoms with Crippen LogP contribution in [0.5, 0.6) is 46.0 Å². The van der Waals surface area contributed by atoms with Crippen LogP contribution in [0.1, 0.15) is 82.3 Å². The molecule has 0 aromatic heterocycles. The van der Waals surface area contributed by atoms with E-state index < -0.39 is 0 Å². The molecule has 0 amide bonds. The third-order valence-corrected chi connectivity index (χ3v) is 11.3. The molecule has 0 saturated carbocycles. The van der Waals surface area contributed by atoms with Gasteiger partial charge in [-0.1, -0.05) is 41.9 Å². The highest BCUT2D eigenvalue weighted by Gasteiger charge is 2.41. The van der Waals surface area contributed by atoms with Crippen LogP contribution in [0.15, 0.2) is 48.5 Å². The first-order valence-corrected chi connectivity index (χ1v) is 18.9. The maximum atomic E-state index is 10.2. The quantitative estimate of drug-likeness (QED) is 0.105. The number of rotatable bonds is 0. The minimum absolute atomic E-state index is 0.0350. The predicted octanol–water partition coefficient (Wildman–Crippen LogP) is 7.66. The maximum Gasteiger partial charge on any atom is 0.231 e. The van der Waals surface area contributed by atoms with Crippen LogP contribution in [0, 0.1) is 0 Å². The molecular weight excluding hydrogens is 740 g/mol. The van der Waals surface area contributed by atoms with Crippen molar-refractivity contribution in [2.24, 2.45) is 0 Å². The molecule has 12 heteroatoms. The number of nitrogens with zero attached hydrogens (tertiary/aromatic N) is 2. The number of alkyl halides is 2. The number of hydrogen-bond donors (Lipinski definition) is 4. The number of hydrogen-bond acceptors (Lipinski definition) is 10. The van der Waals surface area contributed by atoms with Crippen molar-refractivity contribution in [3.8, 4) is 46.0 Å². The Kier molecular flexibility index (Phi) is 9.02. The van der Waals surface area contributed by atoms with Crippen LogP contribution < -0.4 is 18.9 Å². The lowest BCUT2D eigenvalue weighted by Crippen LogP contribution is -2.41. The average Bonchev–Trinajstić information content (AvgIpc) is 3.80. The molecule has 0 radical (unpaired) electrons. The van der Waals surface area contributed by atoms with Crippen molar-refractivity contribution >= 4 is 27.5 Å². The van der Waals surface area contributed by atoms with E-state index in [0.717, 1.165) is 77.7 Å². The second-order valence-corrected chi connectivity index (χ2v) is 15.3. The van der Waals surface area contributed by atoms with Gasteiger partial charge in [-0.3, -0.25) is 9.80 Å². The fourth-order valence-electron chi connectivity index (χ4n) is 8.96. The summed E-state index contributed by atoms with van der Waals surface area (Å²) in [5, 5.41) is 39.6. The lowest BCUT2D eigenvalue weighted by molar-refractivity contribution is 0.134. The van der Waals surface area contributed by atoms with Crippen molar-refractivity contribution in [1.82, 2.24) is 9.80 Å². The van der Waals surface area contributed by atoms with E-state index in [1.807, 2.05) is 6.07 Å². The standard InChI is InChI=1S/C20H19NO4.C18H19NO4.CH2BrCl/c1-11-13-2-3-16-20(25-10-22-16)15(13)8-21-5-4-12-6-17-18(24-9-23-17)7-14(12)19(11)21;1-9-11-2-3-14(20)18(23)13(11)8-19-5-4-10-6-15(21)16(22)7-12(10)17(9)19;2-1-3/h2-3,6-7,11,19H,4-5,8-10H2,1H3;2-3,6-7,9,17,20-23H,4-5,8H2,1H3;1H2/t11-,19+;9-,17+;/m00./s1. The number of phenolic OH excluding ortho intramolecular Hbond substituents is 4. The first kappa shape index (κ1) is 34.1. The van der Waals surface area contributed by atoms with Crippen LogP contribution in [0.3, 0.4) is 0 Å². The van der Waals surface area contributed by atoms with Crippen molar-refractivity contribution in [2.75, 3.05) is 31.5 Å². The zero-order chi connectivity index (χ0) is 35.6. The van der Waals surface area contributed by atoms with Gasteiger partial charge in [0.2, 0.25) is 13.6 Å². The third-order valence-electron chi connectivity index (χ3n) is 11.3.